The van der Waals surface area contributed by atoms with E-state index < -0.39 is 11.4 Å². The topological polar surface area (TPSA) is 54.4 Å². The number of hydrogen-bond donors (Lipinski definition) is 1. The second-order valence-electron chi connectivity index (χ2n) is 3.79. The summed E-state index contributed by atoms with van der Waals surface area (Å²) in [5, 5.41) is 8.68. The molecule has 3 heteroatoms. The molecule has 2 atom stereocenters. The number of carboxylic acids is 1. The number of allylic oxidation sites excluding steroid dienone is 1. The third kappa shape index (κ3) is 1.64. The summed E-state index contributed by atoms with van der Waals surface area (Å²) in [5.41, 5.74) is -0.715. The number of Topliss-reactive ketones (excluding diaryl/α,β-unsaturated/α-hetero) is 1. The van der Waals surface area contributed by atoms with Gasteiger partial charge in [-0.1, -0.05) is 13.0 Å². The van der Waals surface area contributed by atoms with Crippen molar-refractivity contribution in [3.8, 4) is 0 Å². The molecule has 3 nitrogen and oxygen atoms in total. The highest BCUT2D eigenvalue weighted by Crippen LogP contribution is 2.43. The Bertz CT molecular complexity index is 257. The van der Waals surface area contributed by atoms with Gasteiger partial charge >= 0.3 is 5.97 Å². The predicted molar refractivity (Wildman–Crippen MR) is 48.3 cm³/mol. The van der Waals surface area contributed by atoms with Crippen LogP contribution in [0.2, 0.25) is 0 Å². The molecule has 1 N–H and O–H groups in total. The van der Waals surface area contributed by atoms with E-state index >= 15 is 0 Å². The maximum absolute atomic E-state index is 11.5. The van der Waals surface area contributed by atoms with Gasteiger partial charge in [0.1, 0.15) is 5.78 Å². The first kappa shape index (κ1) is 9.96. The van der Waals surface area contributed by atoms with Crippen LogP contribution in [-0.2, 0) is 9.59 Å². The molecule has 0 aromatic heterocycles. The fourth-order valence-corrected chi connectivity index (χ4v) is 2.02. The molecule has 0 aliphatic heterocycles. The highest BCUT2D eigenvalue weighted by molar-refractivity contribution is 5.90. The van der Waals surface area contributed by atoms with Crippen LogP contribution in [0.15, 0.2) is 12.7 Å². The molecule has 0 heterocycles. The van der Waals surface area contributed by atoms with Crippen molar-refractivity contribution in [3.05, 3.63) is 12.7 Å². The van der Waals surface area contributed by atoms with Crippen LogP contribution in [0.25, 0.3) is 0 Å². The van der Waals surface area contributed by atoms with Crippen molar-refractivity contribution in [2.24, 2.45) is 11.3 Å². The Balaban J connectivity index is 2.88. The molecule has 1 fully saturated rings. The zero-order valence-electron chi connectivity index (χ0n) is 7.75. The monoisotopic (exact) mass is 182 g/mol. The Morgan fingerprint density at radius 3 is 2.92 bits per heavy atom. The fraction of sp³-hybridized carbons (Fsp3) is 0.600. The molecule has 1 aliphatic rings. The molecule has 72 valence electrons. The second-order valence-corrected chi connectivity index (χ2v) is 3.79. The summed E-state index contributed by atoms with van der Waals surface area (Å²) in [7, 11) is 0. The maximum Gasteiger partial charge on any atom is 0.304 e. The maximum atomic E-state index is 11.5. The number of rotatable bonds is 3. The smallest absolute Gasteiger partial charge is 0.304 e. The summed E-state index contributed by atoms with van der Waals surface area (Å²) in [6, 6.07) is 0. The highest BCUT2D eigenvalue weighted by Gasteiger charge is 2.45. The van der Waals surface area contributed by atoms with E-state index in [0.29, 0.717) is 6.42 Å². The Kier molecular flexibility index (Phi) is 2.55. The van der Waals surface area contributed by atoms with Crippen molar-refractivity contribution in [1.82, 2.24) is 0 Å². The molecule has 0 spiro atoms. The predicted octanol–water partition coefficient (Wildman–Crippen LogP) is 1.63. The molecule has 1 saturated carbocycles. The number of carbonyl (C=O) groups is 2. The number of carbonyl (C=O) groups excluding carboxylic acids is 1. The van der Waals surface area contributed by atoms with E-state index in [-0.39, 0.29) is 18.1 Å². The molecular weight excluding hydrogens is 168 g/mol. The normalized spacial score (nSPS) is 33.3. The van der Waals surface area contributed by atoms with Gasteiger partial charge in [-0.05, 0) is 12.3 Å². The minimum atomic E-state index is -0.912. The van der Waals surface area contributed by atoms with Crippen molar-refractivity contribution in [3.63, 3.8) is 0 Å². The number of hydrogen-bond acceptors (Lipinski definition) is 2. The minimum absolute atomic E-state index is 0.0242. The summed E-state index contributed by atoms with van der Waals surface area (Å²) in [6.07, 6.45) is 2.85. The van der Waals surface area contributed by atoms with Gasteiger partial charge in [-0.15, -0.1) is 6.58 Å². The van der Waals surface area contributed by atoms with Gasteiger partial charge in [0.2, 0.25) is 0 Å². The molecule has 0 unspecified atom stereocenters. The van der Waals surface area contributed by atoms with Crippen LogP contribution in [0.3, 0.4) is 0 Å². The lowest BCUT2D eigenvalue weighted by atomic mass is 9.76. The summed E-state index contributed by atoms with van der Waals surface area (Å²) in [4.78, 5) is 22.1. The van der Waals surface area contributed by atoms with E-state index in [0.717, 1.165) is 6.42 Å². The van der Waals surface area contributed by atoms with Gasteiger partial charge < -0.3 is 5.11 Å². The summed E-state index contributed by atoms with van der Waals surface area (Å²) < 4.78 is 0. The lowest BCUT2D eigenvalue weighted by Crippen LogP contribution is -2.30. The third-order valence-electron chi connectivity index (χ3n) is 2.94. The van der Waals surface area contributed by atoms with Crippen LogP contribution in [0.4, 0.5) is 0 Å². The van der Waals surface area contributed by atoms with Crippen LogP contribution in [0.5, 0.6) is 0 Å². The quantitative estimate of drug-likeness (QED) is 0.675. The average Bonchev–Trinajstić information content (AvgIpc) is 2.27. The molecule has 0 aromatic rings. The zero-order chi connectivity index (χ0) is 10.1. The lowest BCUT2D eigenvalue weighted by molar-refractivity contribution is -0.143. The van der Waals surface area contributed by atoms with E-state index in [9.17, 15) is 9.59 Å². The van der Waals surface area contributed by atoms with Crippen molar-refractivity contribution in [1.29, 1.82) is 0 Å². The van der Waals surface area contributed by atoms with Crippen molar-refractivity contribution >= 4 is 11.8 Å². The number of ketones is 1. The molecule has 0 saturated heterocycles. The standard InChI is InChI=1S/C10H14O3/c1-3-7-4-5-8(11)10(7,2)6-9(12)13/h3,7H,1,4-6H2,2H3,(H,12,13)/t7-,10-/m0/s1. The molecule has 1 rings (SSSR count). The molecule has 0 aromatic carbocycles. The molecule has 0 bridgehead atoms. The summed E-state index contributed by atoms with van der Waals surface area (Å²) in [5.74, 6) is -0.833. The molecular formula is C10H14O3. The van der Waals surface area contributed by atoms with E-state index in [4.69, 9.17) is 5.11 Å². The fourth-order valence-electron chi connectivity index (χ4n) is 2.02. The van der Waals surface area contributed by atoms with E-state index in [1.54, 1.807) is 13.0 Å². The van der Waals surface area contributed by atoms with Crippen LogP contribution in [-0.4, -0.2) is 16.9 Å². The minimum Gasteiger partial charge on any atom is -0.481 e. The van der Waals surface area contributed by atoms with Gasteiger partial charge in [-0.25, -0.2) is 0 Å². The first-order chi connectivity index (χ1) is 6.00. The molecule has 0 radical (unpaired) electrons. The van der Waals surface area contributed by atoms with Gasteiger partial charge in [0.25, 0.3) is 0 Å². The van der Waals surface area contributed by atoms with Crippen molar-refractivity contribution in [2.75, 3.05) is 0 Å². The Hall–Kier alpha value is -1.12. The first-order valence-electron chi connectivity index (χ1n) is 4.38. The lowest BCUT2D eigenvalue weighted by Gasteiger charge is -2.25. The van der Waals surface area contributed by atoms with Crippen LogP contribution in [0.1, 0.15) is 26.2 Å². The Morgan fingerprint density at radius 2 is 2.46 bits per heavy atom. The van der Waals surface area contributed by atoms with E-state index in [2.05, 4.69) is 6.58 Å². The van der Waals surface area contributed by atoms with Gasteiger partial charge in [-0.2, -0.15) is 0 Å². The zero-order valence-corrected chi connectivity index (χ0v) is 7.75. The van der Waals surface area contributed by atoms with Crippen LogP contribution >= 0.6 is 0 Å². The third-order valence-corrected chi connectivity index (χ3v) is 2.94. The van der Waals surface area contributed by atoms with Crippen LogP contribution in [0, 0.1) is 11.3 Å². The van der Waals surface area contributed by atoms with Gasteiger partial charge in [0, 0.05) is 11.8 Å². The second kappa shape index (κ2) is 3.32. The largest absolute Gasteiger partial charge is 0.481 e. The highest BCUT2D eigenvalue weighted by atomic mass is 16.4. The number of carboxylic acid groups (broad SMARTS) is 1. The molecule has 1 aliphatic carbocycles. The van der Waals surface area contributed by atoms with Crippen molar-refractivity contribution < 1.29 is 14.7 Å². The van der Waals surface area contributed by atoms with Gasteiger partial charge in [0.15, 0.2) is 0 Å². The van der Waals surface area contributed by atoms with Crippen LogP contribution < -0.4 is 0 Å². The van der Waals surface area contributed by atoms with E-state index in [1.165, 1.54) is 0 Å². The number of aliphatic carboxylic acids is 1. The Labute approximate surface area is 77.4 Å². The first-order valence-corrected chi connectivity index (χ1v) is 4.38. The average molecular weight is 182 g/mol. The van der Waals surface area contributed by atoms with Gasteiger partial charge in [0.05, 0.1) is 6.42 Å². The molecule has 13 heavy (non-hydrogen) atoms. The molecule has 0 amide bonds. The van der Waals surface area contributed by atoms with Crippen molar-refractivity contribution in [2.45, 2.75) is 26.2 Å². The SMILES string of the molecule is C=C[C@H]1CCC(=O)[C@@]1(C)CC(=O)O. The van der Waals surface area contributed by atoms with Gasteiger partial charge in [-0.3, -0.25) is 9.59 Å². The summed E-state index contributed by atoms with van der Waals surface area (Å²) in [6.45, 7) is 5.36. The summed E-state index contributed by atoms with van der Waals surface area (Å²) >= 11 is 0. The van der Waals surface area contributed by atoms with E-state index in [1.807, 2.05) is 0 Å². The Morgan fingerprint density at radius 1 is 1.85 bits per heavy atom.